The number of terminal acetylenes is 1. The quantitative estimate of drug-likeness (QED) is 0.570. The molecule has 3 rings (SSSR count). The van der Waals surface area contributed by atoms with E-state index < -0.39 is 0 Å². The summed E-state index contributed by atoms with van der Waals surface area (Å²) in [6.07, 6.45) is 5.60. The molecule has 1 saturated heterocycles. The van der Waals surface area contributed by atoms with E-state index in [0.717, 1.165) is 11.1 Å². The van der Waals surface area contributed by atoms with Gasteiger partial charge in [0, 0.05) is 5.56 Å². The van der Waals surface area contributed by atoms with Gasteiger partial charge in [-0.25, -0.2) is 0 Å². The van der Waals surface area contributed by atoms with Crippen molar-refractivity contribution >= 4 is 0 Å². The van der Waals surface area contributed by atoms with Crippen LogP contribution in [0.5, 0.6) is 0 Å². The number of epoxide rings is 1. The molecule has 0 amide bonds. The molecular formula is C17H14O. The molecule has 1 fully saturated rings. The van der Waals surface area contributed by atoms with E-state index in [0.29, 0.717) is 0 Å². The van der Waals surface area contributed by atoms with Gasteiger partial charge in [0.25, 0.3) is 0 Å². The van der Waals surface area contributed by atoms with Crippen molar-refractivity contribution in [2.75, 3.05) is 0 Å². The first-order valence-corrected chi connectivity index (χ1v) is 6.04. The molecule has 1 nitrogen and oxygen atoms in total. The molecule has 2 unspecified atom stereocenters. The SMILES string of the molecule is C#Cc1ccccc1C1OC1(C)c1ccccc1. The van der Waals surface area contributed by atoms with Crippen LogP contribution in [0.15, 0.2) is 54.6 Å². The zero-order chi connectivity index (χ0) is 12.6. The minimum absolute atomic E-state index is 0.0622. The minimum atomic E-state index is -0.242. The average molecular weight is 234 g/mol. The first-order chi connectivity index (χ1) is 8.75. The molecular weight excluding hydrogens is 220 g/mol. The summed E-state index contributed by atoms with van der Waals surface area (Å²) < 4.78 is 5.92. The van der Waals surface area contributed by atoms with Crippen LogP contribution in [-0.4, -0.2) is 0 Å². The standard InChI is InChI=1S/C17H14O/c1-3-13-9-7-8-12-15(13)16-17(2,18-16)14-10-5-4-6-11-14/h1,4-12,16H,2H3. The molecule has 0 spiro atoms. The number of hydrogen-bond acceptors (Lipinski definition) is 1. The molecule has 18 heavy (non-hydrogen) atoms. The summed E-state index contributed by atoms with van der Waals surface area (Å²) in [5, 5.41) is 0. The Morgan fingerprint density at radius 3 is 2.44 bits per heavy atom. The highest BCUT2D eigenvalue weighted by Crippen LogP contribution is 2.57. The Hall–Kier alpha value is -2.04. The third kappa shape index (κ3) is 1.63. The number of ether oxygens (including phenoxy) is 1. The van der Waals surface area contributed by atoms with E-state index in [-0.39, 0.29) is 11.7 Å². The highest BCUT2D eigenvalue weighted by Gasteiger charge is 2.54. The van der Waals surface area contributed by atoms with Gasteiger partial charge in [-0.05, 0) is 24.1 Å². The third-order valence-corrected chi connectivity index (χ3v) is 3.55. The Labute approximate surface area is 107 Å². The van der Waals surface area contributed by atoms with Crippen molar-refractivity contribution in [3.8, 4) is 12.3 Å². The van der Waals surface area contributed by atoms with Crippen LogP contribution in [0.1, 0.15) is 29.7 Å². The Balaban J connectivity index is 1.97. The normalized spacial score (nSPS) is 25.4. The Morgan fingerprint density at radius 2 is 1.72 bits per heavy atom. The summed E-state index contributed by atoms with van der Waals surface area (Å²) in [5.74, 6) is 2.73. The maximum absolute atomic E-state index is 5.92. The van der Waals surface area contributed by atoms with Gasteiger partial charge < -0.3 is 4.74 Å². The lowest BCUT2D eigenvalue weighted by Crippen LogP contribution is -2.04. The Kier molecular flexibility index (Phi) is 2.47. The lowest BCUT2D eigenvalue weighted by Gasteiger charge is -2.07. The molecule has 0 bridgehead atoms. The molecule has 0 saturated carbocycles. The van der Waals surface area contributed by atoms with E-state index in [1.807, 2.05) is 42.5 Å². The highest BCUT2D eigenvalue weighted by molar-refractivity contribution is 5.45. The summed E-state index contributed by atoms with van der Waals surface area (Å²) in [6.45, 7) is 2.11. The monoisotopic (exact) mass is 234 g/mol. The largest absolute Gasteiger partial charge is 0.356 e. The number of benzene rings is 2. The third-order valence-electron chi connectivity index (χ3n) is 3.55. The van der Waals surface area contributed by atoms with Gasteiger partial charge in [-0.3, -0.25) is 0 Å². The van der Waals surface area contributed by atoms with Crippen LogP contribution < -0.4 is 0 Å². The molecule has 1 aliphatic heterocycles. The molecule has 0 radical (unpaired) electrons. The summed E-state index contributed by atoms with van der Waals surface area (Å²) >= 11 is 0. The zero-order valence-corrected chi connectivity index (χ0v) is 10.3. The molecule has 2 aromatic carbocycles. The smallest absolute Gasteiger partial charge is 0.122 e. The molecule has 88 valence electrons. The van der Waals surface area contributed by atoms with Gasteiger partial charge in [0.1, 0.15) is 11.7 Å². The molecule has 0 aromatic heterocycles. The summed E-state index contributed by atoms with van der Waals surface area (Å²) in [4.78, 5) is 0. The minimum Gasteiger partial charge on any atom is -0.356 e. The Bertz CT molecular complexity index is 609. The zero-order valence-electron chi connectivity index (χ0n) is 10.3. The number of hydrogen-bond donors (Lipinski definition) is 0. The maximum atomic E-state index is 5.92. The van der Waals surface area contributed by atoms with E-state index in [1.165, 1.54) is 5.56 Å². The highest BCUT2D eigenvalue weighted by atomic mass is 16.6. The second kappa shape index (κ2) is 4.01. The van der Waals surface area contributed by atoms with Gasteiger partial charge in [0.05, 0.1) is 0 Å². The van der Waals surface area contributed by atoms with Crippen molar-refractivity contribution in [2.24, 2.45) is 0 Å². The molecule has 0 N–H and O–H groups in total. The average Bonchev–Trinajstić information content (AvgIpc) is 3.13. The summed E-state index contributed by atoms with van der Waals surface area (Å²) in [6, 6.07) is 18.2. The maximum Gasteiger partial charge on any atom is 0.122 e. The first-order valence-electron chi connectivity index (χ1n) is 6.04. The molecule has 2 aromatic rings. The van der Waals surface area contributed by atoms with E-state index in [2.05, 4.69) is 25.0 Å². The van der Waals surface area contributed by atoms with Crippen LogP contribution in [0.25, 0.3) is 0 Å². The van der Waals surface area contributed by atoms with Crippen LogP contribution in [0, 0.1) is 12.3 Å². The van der Waals surface area contributed by atoms with Crippen LogP contribution in [0.2, 0.25) is 0 Å². The van der Waals surface area contributed by atoms with Crippen molar-refractivity contribution in [1.29, 1.82) is 0 Å². The van der Waals surface area contributed by atoms with Gasteiger partial charge in [-0.2, -0.15) is 0 Å². The van der Waals surface area contributed by atoms with E-state index in [4.69, 9.17) is 11.2 Å². The van der Waals surface area contributed by atoms with Gasteiger partial charge in [0.2, 0.25) is 0 Å². The topological polar surface area (TPSA) is 12.5 Å². The predicted molar refractivity (Wildman–Crippen MR) is 72.0 cm³/mol. The van der Waals surface area contributed by atoms with Crippen molar-refractivity contribution in [1.82, 2.24) is 0 Å². The van der Waals surface area contributed by atoms with Crippen molar-refractivity contribution in [3.05, 3.63) is 71.3 Å². The fourth-order valence-electron chi connectivity index (χ4n) is 2.42. The van der Waals surface area contributed by atoms with Gasteiger partial charge >= 0.3 is 0 Å². The lowest BCUT2D eigenvalue weighted by atomic mass is 9.91. The fourth-order valence-corrected chi connectivity index (χ4v) is 2.42. The first kappa shape index (κ1) is 11.1. The van der Waals surface area contributed by atoms with Crippen LogP contribution in [0.3, 0.4) is 0 Å². The molecule has 0 aliphatic carbocycles. The van der Waals surface area contributed by atoms with Crippen LogP contribution in [-0.2, 0) is 10.3 Å². The van der Waals surface area contributed by atoms with Crippen LogP contribution >= 0.6 is 0 Å². The second-order valence-corrected chi connectivity index (χ2v) is 4.70. The van der Waals surface area contributed by atoms with Crippen LogP contribution in [0.4, 0.5) is 0 Å². The number of rotatable bonds is 2. The van der Waals surface area contributed by atoms with Crippen molar-refractivity contribution < 1.29 is 4.74 Å². The summed E-state index contributed by atoms with van der Waals surface area (Å²) in [5.41, 5.74) is 2.98. The Morgan fingerprint density at radius 1 is 1.06 bits per heavy atom. The van der Waals surface area contributed by atoms with Gasteiger partial charge in [-0.15, -0.1) is 6.42 Å². The predicted octanol–water partition coefficient (Wildman–Crippen LogP) is 3.65. The van der Waals surface area contributed by atoms with Gasteiger partial charge in [-0.1, -0.05) is 54.5 Å². The fraction of sp³-hybridized carbons (Fsp3) is 0.176. The van der Waals surface area contributed by atoms with E-state index in [1.54, 1.807) is 0 Å². The van der Waals surface area contributed by atoms with Crippen molar-refractivity contribution in [3.63, 3.8) is 0 Å². The van der Waals surface area contributed by atoms with E-state index >= 15 is 0 Å². The second-order valence-electron chi connectivity index (χ2n) is 4.70. The van der Waals surface area contributed by atoms with Crippen molar-refractivity contribution in [2.45, 2.75) is 18.6 Å². The molecule has 1 heterocycles. The lowest BCUT2D eigenvalue weighted by molar-refractivity contribution is 0.313. The molecule has 1 heteroatoms. The van der Waals surface area contributed by atoms with Gasteiger partial charge in [0.15, 0.2) is 0 Å². The molecule has 2 atom stereocenters. The molecule has 1 aliphatic rings. The summed E-state index contributed by atoms with van der Waals surface area (Å²) in [7, 11) is 0. The van der Waals surface area contributed by atoms with E-state index in [9.17, 15) is 0 Å².